The van der Waals surface area contributed by atoms with Crippen LogP contribution in [0.5, 0.6) is 0 Å². The van der Waals surface area contributed by atoms with E-state index in [9.17, 15) is 5.11 Å². The van der Waals surface area contributed by atoms with Gasteiger partial charge in [-0.3, -0.25) is 5.10 Å². The molecule has 0 unspecified atom stereocenters. The monoisotopic (exact) mass is 263 g/mol. The summed E-state index contributed by atoms with van der Waals surface area (Å²) >= 11 is 1.71. The molecule has 1 aliphatic carbocycles. The largest absolute Gasteiger partial charge is 0.396 e. The minimum absolute atomic E-state index is 0.160. The highest BCUT2D eigenvalue weighted by atomic mass is 32.1. The van der Waals surface area contributed by atoms with Crippen LogP contribution in [0.1, 0.15) is 18.4 Å². The molecule has 96 valence electrons. The SMILES string of the molecule is OCC1(CNCc2cn[nH]c2-c2cccs2)CC1. The van der Waals surface area contributed by atoms with Crippen LogP contribution in [-0.4, -0.2) is 28.5 Å². The van der Waals surface area contributed by atoms with Gasteiger partial charge in [0.2, 0.25) is 0 Å². The maximum Gasteiger partial charge on any atom is 0.0794 e. The van der Waals surface area contributed by atoms with E-state index in [4.69, 9.17) is 0 Å². The first-order valence-electron chi connectivity index (χ1n) is 6.21. The Labute approximate surface area is 110 Å². The van der Waals surface area contributed by atoms with E-state index in [1.807, 2.05) is 12.3 Å². The Balaban J connectivity index is 1.62. The average molecular weight is 263 g/mol. The summed E-state index contributed by atoms with van der Waals surface area (Å²) in [4.78, 5) is 1.22. The average Bonchev–Trinajstić information content (AvgIpc) is 2.83. The quantitative estimate of drug-likeness (QED) is 0.747. The van der Waals surface area contributed by atoms with E-state index in [0.717, 1.165) is 31.6 Å². The molecule has 0 saturated heterocycles. The van der Waals surface area contributed by atoms with Gasteiger partial charge in [-0.2, -0.15) is 5.10 Å². The molecule has 1 aliphatic rings. The van der Waals surface area contributed by atoms with Gasteiger partial charge in [-0.15, -0.1) is 11.3 Å². The molecule has 0 radical (unpaired) electrons. The highest BCUT2D eigenvalue weighted by Gasteiger charge is 2.41. The summed E-state index contributed by atoms with van der Waals surface area (Å²) in [5, 5.41) is 21.9. The Hall–Kier alpha value is -1.17. The summed E-state index contributed by atoms with van der Waals surface area (Å²) in [6.07, 6.45) is 4.15. The molecule has 2 heterocycles. The van der Waals surface area contributed by atoms with Gasteiger partial charge in [0.1, 0.15) is 0 Å². The first-order valence-corrected chi connectivity index (χ1v) is 7.09. The van der Waals surface area contributed by atoms with E-state index in [0.29, 0.717) is 6.61 Å². The number of hydrogen-bond donors (Lipinski definition) is 3. The number of nitrogens with one attached hydrogen (secondary N) is 2. The zero-order chi connectivity index (χ0) is 12.4. The van der Waals surface area contributed by atoms with E-state index < -0.39 is 0 Å². The third-order valence-electron chi connectivity index (χ3n) is 3.59. The van der Waals surface area contributed by atoms with Crippen molar-refractivity contribution in [3.8, 4) is 10.6 Å². The number of aliphatic hydroxyl groups is 1. The van der Waals surface area contributed by atoms with Crippen LogP contribution in [0.3, 0.4) is 0 Å². The van der Waals surface area contributed by atoms with Gasteiger partial charge in [-0.1, -0.05) is 6.07 Å². The molecule has 2 aromatic heterocycles. The summed E-state index contributed by atoms with van der Waals surface area (Å²) in [6.45, 7) is 1.98. The van der Waals surface area contributed by atoms with E-state index in [2.05, 4.69) is 27.0 Å². The van der Waals surface area contributed by atoms with Crippen LogP contribution in [0, 0.1) is 5.41 Å². The van der Waals surface area contributed by atoms with Crippen molar-refractivity contribution in [2.45, 2.75) is 19.4 Å². The standard InChI is InChI=1S/C13H17N3OS/c17-9-13(3-4-13)8-14-6-10-7-15-16-12(10)11-2-1-5-18-11/h1-2,5,7,14,17H,3-4,6,8-9H2,(H,15,16). The lowest BCUT2D eigenvalue weighted by molar-refractivity contribution is 0.207. The number of thiophene rings is 1. The summed E-state index contributed by atoms with van der Waals surface area (Å²) in [5.74, 6) is 0. The smallest absolute Gasteiger partial charge is 0.0794 e. The molecule has 1 saturated carbocycles. The number of H-pyrrole nitrogens is 1. The predicted molar refractivity (Wildman–Crippen MR) is 72.4 cm³/mol. The van der Waals surface area contributed by atoms with E-state index in [1.165, 1.54) is 10.4 Å². The highest BCUT2D eigenvalue weighted by molar-refractivity contribution is 7.13. The van der Waals surface area contributed by atoms with Gasteiger partial charge in [0.25, 0.3) is 0 Å². The lowest BCUT2D eigenvalue weighted by atomic mass is 10.1. The first kappa shape index (κ1) is 11.9. The predicted octanol–water partition coefficient (Wildman–Crippen LogP) is 2.00. The minimum Gasteiger partial charge on any atom is -0.396 e. The van der Waals surface area contributed by atoms with Gasteiger partial charge in [0.05, 0.1) is 16.8 Å². The highest BCUT2D eigenvalue weighted by Crippen LogP contribution is 2.44. The zero-order valence-electron chi connectivity index (χ0n) is 10.1. The van der Waals surface area contributed by atoms with Crippen molar-refractivity contribution < 1.29 is 5.11 Å². The maximum atomic E-state index is 9.26. The molecule has 0 atom stereocenters. The molecular formula is C13H17N3OS. The molecule has 3 N–H and O–H groups in total. The van der Waals surface area contributed by atoms with E-state index >= 15 is 0 Å². The second-order valence-corrected chi connectivity index (χ2v) is 5.96. The van der Waals surface area contributed by atoms with Crippen LogP contribution in [0.2, 0.25) is 0 Å². The van der Waals surface area contributed by atoms with Crippen LogP contribution in [-0.2, 0) is 6.54 Å². The van der Waals surface area contributed by atoms with Gasteiger partial charge < -0.3 is 10.4 Å². The van der Waals surface area contributed by atoms with Crippen LogP contribution < -0.4 is 5.32 Å². The second kappa shape index (κ2) is 4.84. The lowest BCUT2D eigenvalue weighted by Crippen LogP contribution is -2.26. The van der Waals surface area contributed by atoms with Gasteiger partial charge in [-0.05, 0) is 24.3 Å². The number of nitrogens with zero attached hydrogens (tertiary/aromatic N) is 1. The molecule has 0 aromatic carbocycles. The van der Waals surface area contributed by atoms with Gasteiger partial charge in [0, 0.05) is 30.7 Å². The minimum atomic E-state index is 0.160. The molecule has 0 amide bonds. The van der Waals surface area contributed by atoms with Crippen molar-refractivity contribution in [1.29, 1.82) is 0 Å². The molecule has 3 rings (SSSR count). The fraction of sp³-hybridized carbons (Fsp3) is 0.462. The van der Waals surface area contributed by atoms with Crippen LogP contribution in [0.4, 0.5) is 0 Å². The Morgan fingerprint density at radius 3 is 3.06 bits per heavy atom. The van der Waals surface area contributed by atoms with Crippen molar-refractivity contribution in [3.05, 3.63) is 29.3 Å². The Morgan fingerprint density at radius 1 is 1.50 bits per heavy atom. The zero-order valence-corrected chi connectivity index (χ0v) is 11.0. The van der Waals surface area contributed by atoms with Crippen molar-refractivity contribution in [1.82, 2.24) is 15.5 Å². The molecule has 1 fully saturated rings. The van der Waals surface area contributed by atoms with Crippen molar-refractivity contribution >= 4 is 11.3 Å². The van der Waals surface area contributed by atoms with Crippen molar-refractivity contribution in [2.75, 3.05) is 13.2 Å². The fourth-order valence-corrected chi connectivity index (χ4v) is 2.86. The number of aromatic nitrogens is 2. The first-order chi connectivity index (χ1) is 8.83. The number of aliphatic hydroxyl groups excluding tert-OH is 1. The Morgan fingerprint density at radius 2 is 2.39 bits per heavy atom. The third kappa shape index (κ3) is 2.34. The van der Waals surface area contributed by atoms with Crippen molar-refractivity contribution in [3.63, 3.8) is 0 Å². The summed E-state index contributed by atoms with van der Waals surface area (Å²) in [6, 6.07) is 4.14. The second-order valence-electron chi connectivity index (χ2n) is 5.01. The summed E-state index contributed by atoms with van der Waals surface area (Å²) < 4.78 is 0. The van der Waals surface area contributed by atoms with Crippen LogP contribution in [0.25, 0.3) is 10.6 Å². The Bertz CT molecular complexity index is 502. The molecule has 18 heavy (non-hydrogen) atoms. The molecule has 0 spiro atoms. The van der Waals surface area contributed by atoms with Crippen LogP contribution >= 0.6 is 11.3 Å². The summed E-state index contributed by atoms with van der Waals surface area (Å²) in [7, 11) is 0. The van der Waals surface area contributed by atoms with Gasteiger partial charge in [-0.25, -0.2) is 0 Å². The summed E-state index contributed by atoms with van der Waals surface area (Å²) in [5.41, 5.74) is 2.45. The molecule has 2 aromatic rings. The normalized spacial score (nSPS) is 16.9. The number of rotatable bonds is 6. The van der Waals surface area contributed by atoms with E-state index in [-0.39, 0.29) is 5.41 Å². The van der Waals surface area contributed by atoms with E-state index in [1.54, 1.807) is 11.3 Å². The molecule has 0 aliphatic heterocycles. The molecule has 0 bridgehead atoms. The molecular weight excluding hydrogens is 246 g/mol. The maximum absolute atomic E-state index is 9.26. The fourth-order valence-electron chi connectivity index (χ4n) is 2.11. The molecule has 5 heteroatoms. The number of hydrogen-bond acceptors (Lipinski definition) is 4. The third-order valence-corrected chi connectivity index (χ3v) is 4.48. The lowest BCUT2D eigenvalue weighted by Gasteiger charge is -2.12. The number of aromatic amines is 1. The van der Waals surface area contributed by atoms with Crippen molar-refractivity contribution in [2.24, 2.45) is 5.41 Å². The Kier molecular flexibility index (Phi) is 3.20. The molecule has 4 nitrogen and oxygen atoms in total. The van der Waals surface area contributed by atoms with Gasteiger partial charge >= 0.3 is 0 Å². The van der Waals surface area contributed by atoms with Gasteiger partial charge in [0.15, 0.2) is 0 Å². The van der Waals surface area contributed by atoms with Crippen LogP contribution in [0.15, 0.2) is 23.7 Å². The topological polar surface area (TPSA) is 60.9 Å².